The van der Waals surface area contributed by atoms with Crippen LogP contribution in [0.3, 0.4) is 0 Å². The number of ether oxygens (including phenoxy) is 3. The van der Waals surface area contributed by atoms with Crippen LogP contribution in [0.15, 0.2) is 52.3 Å². The minimum absolute atomic E-state index is 0.0109. The molecule has 57 heavy (non-hydrogen) atoms. The lowest BCUT2D eigenvalue weighted by Crippen LogP contribution is -2.44. The number of aliphatic hydroxyl groups excluding tert-OH is 2. The van der Waals surface area contributed by atoms with Gasteiger partial charge in [0.05, 0.1) is 43.8 Å². The van der Waals surface area contributed by atoms with Crippen molar-refractivity contribution in [1.29, 1.82) is 5.26 Å². The number of hydrazone groups is 1. The van der Waals surface area contributed by atoms with E-state index >= 15 is 0 Å². The van der Waals surface area contributed by atoms with Gasteiger partial charge in [0.2, 0.25) is 0 Å². The molecule has 0 bridgehead atoms. The number of allylic oxidation sites excluding steroid dienone is 1. The van der Waals surface area contributed by atoms with Crippen LogP contribution >= 0.6 is 7.82 Å². The number of benzene rings is 1. The molecule has 2 aliphatic heterocycles. The zero-order chi connectivity index (χ0) is 41.7. The minimum Gasteiger partial charge on any atom is -0.387 e. The van der Waals surface area contributed by atoms with Gasteiger partial charge < -0.3 is 35.1 Å². The van der Waals surface area contributed by atoms with E-state index in [4.69, 9.17) is 29.0 Å². The van der Waals surface area contributed by atoms with Gasteiger partial charge in [-0.15, -0.1) is 0 Å². The lowest BCUT2D eigenvalue weighted by molar-refractivity contribution is -0.0964. The largest absolute Gasteiger partial charge is 0.472 e. The fourth-order valence-electron chi connectivity index (χ4n) is 6.71. The number of halogens is 1. The molecule has 1 fully saturated rings. The Labute approximate surface area is 338 Å². The van der Waals surface area contributed by atoms with Crippen LogP contribution < -0.4 is 5.73 Å². The summed E-state index contributed by atoms with van der Waals surface area (Å²) in [6.07, 6.45) is 16.5. The predicted octanol–water partition coefficient (Wildman–Crippen LogP) is 7.52. The molecule has 1 saturated heterocycles. The second kappa shape index (κ2) is 25.5. The summed E-state index contributed by atoms with van der Waals surface area (Å²) in [7, 11) is -4.78. The first-order valence-corrected chi connectivity index (χ1v) is 21.9. The molecule has 2 aliphatic rings. The first kappa shape index (κ1) is 48.3. The number of hydrogen-bond donors (Lipinski definition) is 4. The Kier molecular flexibility index (Phi) is 21.6. The molecule has 1 aromatic rings. The monoisotopic (exact) mass is 821 g/mol. The molecule has 0 radical (unpaired) electrons. The van der Waals surface area contributed by atoms with E-state index in [0.717, 1.165) is 25.3 Å². The van der Waals surface area contributed by atoms with E-state index in [-0.39, 0.29) is 30.3 Å². The van der Waals surface area contributed by atoms with Crippen molar-refractivity contribution in [2.24, 2.45) is 15.8 Å². The van der Waals surface area contributed by atoms with Gasteiger partial charge in [-0.25, -0.2) is 19.0 Å². The maximum Gasteiger partial charge on any atom is 0.472 e. The van der Waals surface area contributed by atoms with Gasteiger partial charge in [-0.05, 0) is 44.0 Å². The standard InChI is InChI=1S/C41H65FN5O9P/c1-5-7-8-9-10-11-12-13-14-15-16-17-18-19-20-21-52-27-35(53-26-33-22-32(25-43)23-34(42)24-33)28-54-57(50,51)55-29-41(4)39(49)37(48)38(56-41)31(3)47-36(6-2)40(44)45-30-46-47/h6,22-24,30,35,37-39,48-49H,3,5,7-21,26-29H2,1-2,4H3,(H,50,51)(H2,44,45,46)/b36-6-/t35-,37+,38+,39+,41-/m1/s1. The molecule has 2 heterocycles. The minimum atomic E-state index is -4.78. The van der Waals surface area contributed by atoms with E-state index in [1.165, 1.54) is 107 Å². The van der Waals surface area contributed by atoms with Crippen LogP contribution in [0, 0.1) is 17.1 Å². The van der Waals surface area contributed by atoms with Crippen molar-refractivity contribution in [3.8, 4) is 6.07 Å². The zero-order valence-electron chi connectivity index (χ0n) is 34.0. The Morgan fingerprint density at radius 3 is 2.26 bits per heavy atom. The first-order chi connectivity index (χ1) is 27.3. The number of aliphatic imine (C=N–C) groups is 1. The van der Waals surface area contributed by atoms with Crippen LogP contribution in [0.25, 0.3) is 0 Å². The Balaban J connectivity index is 1.44. The van der Waals surface area contributed by atoms with Gasteiger partial charge in [0.15, 0.2) is 5.84 Å². The summed E-state index contributed by atoms with van der Waals surface area (Å²) in [6.45, 7) is 8.60. The van der Waals surface area contributed by atoms with Crippen molar-refractivity contribution in [2.75, 3.05) is 26.4 Å². The van der Waals surface area contributed by atoms with Crippen molar-refractivity contribution >= 4 is 20.0 Å². The molecule has 16 heteroatoms. The molecule has 320 valence electrons. The normalized spacial score (nSPS) is 23.1. The van der Waals surface area contributed by atoms with Crippen molar-refractivity contribution in [2.45, 2.75) is 154 Å². The van der Waals surface area contributed by atoms with Crippen LogP contribution in [0.5, 0.6) is 0 Å². The molecule has 0 saturated carbocycles. The maximum atomic E-state index is 14.1. The molecule has 1 aromatic carbocycles. The van der Waals surface area contributed by atoms with Gasteiger partial charge >= 0.3 is 7.82 Å². The van der Waals surface area contributed by atoms with Crippen molar-refractivity contribution in [3.63, 3.8) is 0 Å². The third-order valence-corrected chi connectivity index (χ3v) is 11.0. The Morgan fingerprint density at radius 2 is 1.67 bits per heavy atom. The van der Waals surface area contributed by atoms with E-state index < -0.39 is 56.9 Å². The first-order valence-electron chi connectivity index (χ1n) is 20.4. The molecule has 1 unspecified atom stereocenters. The summed E-state index contributed by atoms with van der Waals surface area (Å²) in [5.41, 5.74) is 5.34. The molecule has 3 rings (SSSR count). The second-order valence-electron chi connectivity index (χ2n) is 15.0. The number of rotatable bonds is 29. The summed E-state index contributed by atoms with van der Waals surface area (Å²) in [4.78, 5) is 14.6. The number of unbranched alkanes of at least 4 members (excludes halogenated alkanes) is 14. The molecular weight excluding hydrogens is 756 g/mol. The smallest absolute Gasteiger partial charge is 0.387 e. The van der Waals surface area contributed by atoms with Crippen LogP contribution in [-0.4, -0.2) is 88.7 Å². The number of aliphatic hydroxyl groups is 2. The van der Waals surface area contributed by atoms with Crippen LogP contribution in [0.1, 0.15) is 128 Å². The molecule has 0 amide bonds. The Morgan fingerprint density at radius 1 is 1.05 bits per heavy atom. The average molecular weight is 822 g/mol. The molecule has 0 aliphatic carbocycles. The molecule has 5 N–H and O–H groups in total. The molecule has 0 spiro atoms. The highest BCUT2D eigenvalue weighted by Gasteiger charge is 2.54. The van der Waals surface area contributed by atoms with E-state index in [9.17, 15) is 29.3 Å². The van der Waals surface area contributed by atoms with Crippen molar-refractivity contribution in [1.82, 2.24) is 5.01 Å². The quantitative estimate of drug-likeness (QED) is 0.0458. The third kappa shape index (κ3) is 16.6. The number of amidine groups is 1. The van der Waals surface area contributed by atoms with E-state index in [1.54, 1.807) is 13.0 Å². The van der Waals surface area contributed by atoms with Gasteiger partial charge in [-0.2, -0.15) is 10.4 Å². The van der Waals surface area contributed by atoms with Crippen molar-refractivity contribution < 1.29 is 47.3 Å². The van der Waals surface area contributed by atoms with Gasteiger partial charge in [0.1, 0.15) is 47.9 Å². The highest BCUT2D eigenvalue weighted by molar-refractivity contribution is 7.47. The lowest BCUT2D eigenvalue weighted by Gasteiger charge is -2.31. The SMILES string of the molecule is C=C([C@@H]1O[C@](C)(COP(=O)(O)OC[C@@H](COCCCCCCCCCCCCCCCCC)OCc2cc(F)cc(C#N)c2)[C@@H](O)[C@H]1O)N1N=CN=C(N)/C1=C/C. The summed E-state index contributed by atoms with van der Waals surface area (Å²) in [6, 6.07) is 5.74. The number of phosphoric ester groups is 1. The van der Waals surface area contributed by atoms with Gasteiger partial charge in [0.25, 0.3) is 0 Å². The van der Waals surface area contributed by atoms with Crippen LogP contribution in [0.4, 0.5) is 4.39 Å². The third-order valence-electron chi connectivity index (χ3n) is 10.1. The van der Waals surface area contributed by atoms with Gasteiger partial charge in [-0.1, -0.05) is 109 Å². The Hall–Kier alpha value is -3.03. The highest BCUT2D eigenvalue weighted by atomic mass is 31.2. The number of nitrogens with zero attached hydrogens (tertiary/aromatic N) is 4. The topological polar surface area (TPSA) is 202 Å². The van der Waals surface area contributed by atoms with Crippen LogP contribution in [0.2, 0.25) is 0 Å². The van der Waals surface area contributed by atoms with E-state index in [0.29, 0.717) is 17.9 Å². The van der Waals surface area contributed by atoms with Gasteiger partial charge in [-0.3, -0.25) is 9.05 Å². The lowest BCUT2D eigenvalue weighted by atomic mass is 9.97. The summed E-state index contributed by atoms with van der Waals surface area (Å²) < 4.78 is 55.4. The predicted molar refractivity (Wildman–Crippen MR) is 217 cm³/mol. The molecular formula is C41H65FN5O9P. The second-order valence-corrected chi connectivity index (χ2v) is 16.4. The van der Waals surface area contributed by atoms with E-state index in [1.807, 2.05) is 6.07 Å². The van der Waals surface area contributed by atoms with Crippen LogP contribution in [-0.2, 0) is 34.4 Å². The Bertz CT molecular complexity index is 1570. The van der Waals surface area contributed by atoms with Gasteiger partial charge in [0, 0.05) is 6.61 Å². The summed E-state index contributed by atoms with van der Waals surface area (Å²) >= 11 is 0. The fraction of sp³-hybridized carbons (Fsp3) is 0.683. The molecule has 14 nitrogen and oxygen atoms in total. The number of nitriles is 1. The summed E-state index contributed by atoms with van der Waals surface area (Å²) in [5, 5.41) is 36.5. The average Bonchev–Trinajstić information content (AvgIpc) is 3.42. The summed E-state index contributed by atoms with van der Waals surface area (Å²) in [5.74, 6) is -0.436. The number of nitrogens with two attached hydrogens (primary N) is 1. The van der Waals surface area contributed by atoms with Crippen molar-refractivity contribution in [3.05, 3.63) is 59.2 Å². The number of hydrogen-bond acceptors (Lipinski definition) is 13. The fourth-order valence-corrected chi connectivity index (χ4v) is 7.56. The zero-order valence-corrected chi connectivity index (χ0v) is 34.9. The van der Waals surface area contributed by atoms with E-state index in [2.05, 4.69) is 23.6 Å². The maximum absolute atomic E-state index is 14.1. The number of phosphoric acid groups is 1. The molecule has 0 aromatic heterocycles. The molecule has 6 atom stereocenters. The highest BCUT2D eigenvalue weighted by Crippen LogP contribution is 2.46.